The van der Waals surface area contributed by atoms with Gasteiger partial charge in [-0.3, -0.25) is 0 Å². The number of hydrogen-bond acceptors (Lipinski definition) is 3. The highest BCUT2D eigenvalue weighted by Crippen LogP contribution is 2.24. The second kappa shape index (κ2) is 10.5. The first-order valence-corrected chi connectivity index (χ1v) is 10.1. The van der Waals surface area contributed by atoms with Crippen molar-refractivity contribution in [3.05, 3.63) is 83.9 Å². The zero-order valence-electron chi connectivity index (χ0n) is 16.9. The Hall–Kier alpha value is -3.21. The second-order valence-electron chi connectivity index (χ2n) is 6.97. The van der Waals surface area contributed by atoms with Crippen LogP contribution in [0.5, 0.6) is 11.5 Å². The Morgan fingerprint density at radius 1 is 0.800 bits per heavy atom. The summed E-state index contributed by atoms with van der Waals surface area (Å²) in [5.74, 6) is -0.853. The van der Waals surface area contributed by atoms with Crippen LogP contribution < -0.4 is 9.47 Å². The topological polar surface area (TPSA) is 35.5 Å². The van der Waals surface area contributed by atoms with E-state index in [0.29, 0.717) is 29.2 Å². The van der Waals surface area contributed by atoms with Gasteiger partial charge in [-0.05, 0) is 66.1 Å². The van der Waals surface area contributed by atoms with Crippen LogP contribution in [-0.4, -0.2) is 12.6 Å². The van der Waals surface area contributed by atoms with Crippen LogP contribution in [0, 0.1) is 11.6 Å². The van der Waals surface area contributed by atoms with Crippen molar-refractivity contribution in [3.8, 4) is 22.6 Å². The largest absolute Gasteiger partial charge is 0.494 e. The highest BCUT2D eigenvalue weighted by Gasteiger charge is 2.15. The van der Waals surface area contributed by atoms with Gasteiger partial charge in [-0.15, -0.1) is 0 Å². The van der Waals surface area contributed by atoms with Crippen molar-refractivity contribution in [3.63, 3.8) is 0 Å². The van der Waals surface area contributed by atoms with Gasteiger partial charge in [-0.25, -0.2) is 13.6 Å². The minimum absolute atomic E-state index is 0.169. The first-order chi connectivity index (χ1) is 14.6. The summed E-state index contributed by atoms with van der Waals surface area (Å²) < 4.78 is 38.4. The molecule has 0 radical (unpaired) electrons. The number of carbonyl (C=O) groups is 1. The van der Waals surface area contributed by atoms with Crippen molar-refractivity contribution in [2.75, 3.05) is 6.61 Å². The Kier molecular flexibility index (Phi) is 7.55. The normalized spacial score (nSPS) is 10.6. The Morgan fingerprint density at radius 3 is 2.13 bits per heavy atom. The molecule has 0 saturated carbocycles. The van der Waals surface area contributed by atoms with E-state index >= 15 is 0 Å². The fraction of sp³-hybridized carbons (Fsp3) is 0.240. The molecular formula is C25H24F2O3. The van der Waals surface area contributed by atoms with Crippen LogP contribution in [0.25, 0.3) is 11.1 Å². The summed E-state index contributed by atoms with van der Waals surface area (Å²) in [5.41, 5.74) is 1.03. The third-order valence-electron chi connectivity index (χ3n) is 4.67. The molecule has 0 spiro atoms. The molecule has 0 bridgehead atoms. The van der Waals surface area contributed by atoms with Gasteiger partial charge in [-0.1, -0.05) is 44.4 Å². The summed E-state index contributed by atoms with van der Waals surface area (Å²) >= 11 is 0. The summed E-state index contributed by atoms with van der Waals surface area (Å²) in [7, 11) is 0. The van der Waals surface area contributed by atoms with Crippen molar-refractivity contribution >= 4 is 5.97 Å². The van der Waals surface area contributed by atoms with Crippen LogP contribution >= 0.6 is 0 Å². The molecule has 3 nitrogen and oxygen atoms in total. The maximum atomic E-state index is 14.5. The summed E-state index contributed by atoms with van der Waals surface area (Å²) in [5, 5.41) is 0. The van der Waals surface area contributed by atoms with E-state index < -0.39 is 11.8 Å². The Morgan fingerprint density at radius 2 is 1.47 bits per heavy atom. The van der Waals surface area contributed by atoms with E-state index in [9.17, 15) is 13.6 Å². The molecule has 156 valence electrons. The maximum absolute atomic E-state index is 14.5. The molecule has 3 aromatic carbocycles. The number of benzene rings is 3. The fourth-order valence-corrected chi connectivity index (χ4v) is 2.99. The highest BCUT2D eigenvalue weighted by molar-refractivity contribution is 5.92. The number of unbranched alkanes of at least 4 members (excludes halogenated alkanes) is 3. The van der Waals surface area contributed by atoms with E-state index in [4.69, 9.17) is 9.47 Å². The fourth-order valence-electron chi connectivity index (χ4n) is 2.99. The lowest BCUT2D eigenvalue weighted by Gasteiger charge is -2.09. The standard InChI is InChI=1S/C25H24F2O3/c1-2-3-4-5-16-29-21-11-13-22(14-12-21)30-25(28)23-15-8-19(17-24(23)27)18-6-9-20(26)10-7-18/h6-15,17H,2-5,16H2,1H3. The second-order valence-corrected chi connectivity index (χ2v) is 6.97. The lowest BCUT2D eigenvalue weighted by molar-refractivity contribution is 0.0729. The van der Waals surface area contributed by atoms with E-state index in [2.05, 4.69) is 6.92 Å². The molecule has 5 heteroatoms. The van der Waals surface area contributed by atoms with E-state index in [1.165, 1.54) is 37.1 Å². The molecule has 0 aliphatic carbocycles. The molecular weight excluding hydrogens is 386 g/mol. The molecule has 0 unspecified atom stereocenters. The summed E-state index contributed by atoms with van der Waals surface area (Å²) in [6.07, 6.45) is 4.50. The van der Waals surface area contributed by atoms with Crippen LogP contribution in [0.15, 0.2) is 66.7 Å². The minimum atomic E-state index is -0.786. The summed E-state index contributed by atoms with van der Waals surface area (Å²) in [6, 6.07) is 16.6. The maximum Gasteiger partial charge on any atom is 0.346 e. The van der Waals surface area contributed by atoms with Crippen LogP contribution in [-0.2, 0) is 0 Å². The zero-order chi connectivity index (χ0) is 21.3. The van der Waals surface area contributed by atoms with E-state index in [-0.39, 0.29) is 11.4 Å². The SMILES string of the molecule is CCCCCCOc1ccc(OC(=O)c2ccc(-c3ccc(F)cc3)cc2F)cc1. The molecule has 0 fully saturated rings. The monoisotopic (exact) mass is 410 g/mol. The average molecular weight is 410 g/mol. The third kappa shape index (κ3) is 5.89. The smallest absolute Gasteiger partial charge is 0.346 e. The molecule has 0 N–H and O–H groups in total. The van der Waals surface area contributed by atoms with Gasteiger partial charge in [0.15, 0.2) is 0 Å². The molecule has 0 atom stereocenters. The van der Waals surface area contributed by atoms with Crippen molar-refractivity contribution in [1.29, 1.82) is 0 Å². The van der Waals surface area contributed by atoms with Crippen molar-refractivity contribution in [1.82, 2.24) is 0 Å². The predicted molar refractivity (Wildman–Crippen MR) is 113 cm³/mol. The zero-order valence-corrected chi connectivity index (χ0v) is 16.9. The van der Waals surface area contributed by atoms with Gasteiger partial charge in [-0.2, -0.15) is 0 Å². The van der Waals surface area contributed by atoms with Gasteiger partial charge in [0.05, 0.1) is 12.2 Å². The number of esters is 1. The Bertz CT molecular complexity index is 967. The minimum Gasteiger partial charge on any atom is -0.494 e. The van der Waals surface area contributed by atoms with Crippen LogP contribution in [0.2, 0.25) is 0 Å². The molecule has 30 heavy (non-hydrogen) atoms. The summed E-state index contributed by atoms with van der Waals surface area (Å²) in [4.78, 5) is 12.3. The van der Waals surface area contributed by atoms with Crippen LogP contribution in [0.1, 0.15) is 43.0 Å². The lowest BCUT2D eigenvalue weighted by Crippen LogP contribution is -2.10. The van der Waals surface area contributed by atoms with Crippen molar-refractivity contribution < 1.29 is 23.0 Å². The first kappa shape index (κ1) is 21.5. The Balaban J connectivity index is 1.59. The van der Waals surface area contributed by atoms with Crippen LogP contribution in [0.4, 0.5) is 8.78 Å². The van der Waals surface area contributed by atoms with Gasteiger partial charge >= 0.3 is 5.97 Å². The number of rotatable bonds is 9. The average Bonchev–Trinajstić information content (AvgIpc) is 2.75. The molecule has 0 aliphatic heterocycles. The number of hydrogen-bond donors (Lipinski definition) is 0. The molecule has 0 aliphatic rings. The summed E-state index contributed by atoms with van der Waals surface area (Å²) in [6.45, 7) is 2.80. The molecule has 3 rings (SSSR count). The molecule has 0 aromatic heterocycles. The number of halogens is 2. The van der Waals surface area contributed by atoms with Gasteiger partial charge < -0.3 is 9.47 Å². The molecule has 3 aromatic rings. The number of carbonyl (C=O) groups excluding carboxylic acids is 1. The molecule has 0 heterocycles. The predicted octanol–water partition coefficient (Wildman–Crippen LogP) is 6.81. The number of ether oxygens (including phenoxy) is 2. The quantitative estimate of drug-likeness (QED) is 0.221. The van der Waals surface area contributed by atoms with E-state index in [0.717, 1.165) is 12.8 Å². The molecule has 0 saturated heterocycles. The lowest BCUT2D eigenvalue weighted by atomic mass is 10.0. The van der Waals surface area contributed by atoms with Gasteiger partial charge in [0.25, 0.3) is 0 Å². The van der Waals surface area contributed by atoms with Gasteiger partial charge in [0, 0.05) is 0 Å². The van der Waals surface area contributed by atoms with Gasteiger partial charge in [0.1, 0.15) is 23.1 Å². The Labute approximate surface area is 175 Å². The van der Waals surface area contributed by atoms with Crippen molar-refractivity contribution in [2.45, 2.75) is 32.6 Å². The molecule has 0 amide bonds. The van der Waals surface area contributed by atoms with E-state index in [1.54, 1.807) is 42.5 Å². The first-order valence-electron chi connectivity index (χ1n) is 10.1. The highest BCUT2D eigenvalue weighted by atomic mass is 19.1. The van der Waals surface area contributed by atoms with Crippen LogP contribution in [0.3, 0.4) is 0 Å². The van der Waals surface area contributed by atoms with Crippen molar-refractivity contribution in [2.24, 2.45) is 0 Å². The third-order valence-corrected chi connectivity index (χ3v) is 4.67. The van der Waals surface area contributed by atoms with E-state index in [1.807, 2.05) is 0 Å². The van der Waals surface area contributed by atoms with Gasteiger partial charge in [0.2, 0.25) is 0 Å².